The quantitative estimate of drug-likeness (QED) is 0.708. The first-order valence-corrected chi connectivity index (χ1v) is 9.26. The van der Waals surface area contributed by atoms with Crippen LogP contribution < -0.4 is 10.5 Å². The van der Waals surface area contributed by atoms with E-state index < -0.39 is 0 Å². The molecule has 1 saturated heterocycles. The topological polar surface area (TPSA) is 81.2 Å². The second-order valence-corrected chi connectivity index (χ2v) is 7.31. The Bertz CT molecular complexity index is 982. The Hall–Kier alpha value is -2.77. The highest BCUT2D eigenvalue weighted by molar-refractivity contribution is 5.45. The number of hydrogen-bond acceptors (Lipinski definition) is 6. The van der Waals surface area contributed by atoms with Crippen LogP contribution in [0.3, 0.4) is 0 Å². The van der Waals surface area contributed by atoms with Crippen molar-refractivity contribution in [2.45, 2.75) is 38.1 Å². The van der Waals surface area contributed by atoms with Crippen molar-refractivity contribution in [3.8, 4) is 0 Å². The third kappa shape index (κ3) is 2.95. The summed E-state index contributed by atoms with van der Waals surface area (Å²) < 4.78 is 3.38. The summed E-state index contributed by atoms with van der Waals surface area (Å²) in [5.41, 5.74) is 1.84. The SMILES string of the molecule is O=c1ccc(C2CC2)nn1CC1CCN(c2ccc3nncn3n2)CC1. The molecule has 1 aliphatic carbocycles. The second kappa shape index (κ2) is 6.19. The third-order valence-corrected chi connectivity index (χ3v) is 5.40. The first kappa shape index (κ1) is 15.5. The molecule has 8 heteroatoms. The molecular weight excluding hydrogens is 330 g/mol. The van der Waals surface area contributed by atoms with Crippen LogP contribution in [-0.2, 0) is 6.54 Å². The Morgan fingerprint density at radius 3 is 2.65 bits per heavy atom. The van der Waals surface area contributed by atoms with Crippen LogP contribution in [0.15, 0.2) is 35.4 Å². The summed E-state index contributed by atoms with van der Waals surface area (Å²) in [4.78, 5) is 14.4. The van der Waals surface area contributed by atoms with Gasteiger partial charge in [-0.15, -0.1) is 15.3 Å². The lowest BCUT2D eigenvalue weighted by molar-refractivity contribution is 0.332. The normalized spacial score (nSPS) is 18.5. The average Bonchev–Trinajstić information content (AvgIpc) is 3.41. The molecule has 5 rings (SSSR count). The number of anilines is 1. The molecule has 1 saturated carbocycles. The van der Waals surface area contributed by atoms with Gasteiger partial charge in [0, 0.05) is 31.6 Å². The summed E-state index contributed by atoms with van der Waals surface area (Å²) in [6.45, 7) is 2.58. The molecule has 0 unspecified atom stereocenters. The van der Waals surface area contributed by atoms with Gasteiger partial charge in [-0.25, -0.2) is 4.68 Å². The fraction of sp³-hybridized carbons (Fsp3) is 0.500. The van der Waals surface area contributed by atoms with Gasteiger partial charge in [-0.1, -0.05) is 0 Å². The molecule has 3 aromatic rings. The molecule has 2 aliphatic rings. The van der Waals surface area contributed by atoms with Crippen LogP contribution >= 0.6 is 0 Å². The van der Waals surface area contributed by atoms with Gasteiger partial charge in [0.05, 0.1) is 5.69 Å². The van der Waals surface area contributed by atoms with E-state index >= 15 is 0 Å². The van der Waals surface area contributed by atoms with E-state index in [9.17, 15) is 4.79 Å². The Morgan fingerprint density at radius 1 is 1.00 bits per heavy atom. The molecule has 8 nitrogen and oxygen atoms in total. The third-order valence-electron chi connectivity index (χ3n) is 5.40. The van der Waals surface area contributed by atoms with Gasteiger partial charge in [-0.2, -0.15) is 9.61 Å². The number of fused-ring (bicyclic) bond motifs is 1. The first-order chi connectivity index (χ1) is 12.8. The summed E-state index contributed by atoms with van der Waals surface area (Å²) in [6.07, 6.45) is 6.09. The lowest BCUT2D eigenvalue weighted by atomic mass is 9.97. The van der Waals surface area contributed by atoms with E-state index in [0.717, 1.165) is 43.1 Å². The maximum atomic E-state index is 12.1. The minimum atomic E-state index is 0.0107. The molecule has 0 N–H and O–H groups in total. The molecule has 4 heterocycles. The molecule has 0 atom stereocenters. The van der Waals surface area contributed by atoms with Crippen LogP contribution in [0.1, 0.15) is 37.3 Å². The summed E-state index contributed by atoms with van der Waals surface area (Å²) in [7, 11) is 0. The van der Waals surface area contributed by atoms with Crippen LogP contribution in [0, 0.1) is 5.92 Å². The van der Waals surface area contributed by atoms with E-state index in [2.05, 4.69) is 25.3 Å². The Balaban J connectivity index is 1.25. The molecule has 134 valence electrons. The first-order valence-electron chi connectivity index (χ1n) is 9.26. The minimum Gasteiger partial charge on any atom is -0.355 e. The van der Waals surface area contributed by atoms with Crippen molar-refractivity contribution < 1.29 is 0 Å². The van der Waals surface area contributed by atoms with Gasteiger partial charge in [-0.05, 0) is 49.8 Å². The molecule has 0 aromatic carbocycles. The van der Waals surface area contributed by atoms with Crippen molar-refractivity contribution in [2.75, 3.05) is 18.0 Å². The second-order valence-electron chi connectivity index (χ2n) is 7.31. The van der Waals surface area contributed by atoms with Gasteiger partial charge < -0.3 is 4.90 Å². The summed E-state index contributed by atoms with van der Waals surface area (Å²) in [5.74, 6) is 1.99. The highest BCUT2D eigenvalue weighted by atomic mass is 16.1. The van der Waals surface area contributed by atoms with Crippen molar-refractivity contribution in [3.05, 3.63) is 46.6 Å². The Labute approximate surface area is 150 Å². The van der Waals surface area contributed by atoms with Crippen LogP contribution in [0.4, 0.5) is 5.82 Å². The monoisotopic (exact) mass is 351 g/mol. The molecular formula is C18H21N7O. The van der Waals surface area contributed by atoms with E-state index in [0.29, 0.717) is 18.4 Å². The zero-order chi connectivity index (χ0) is 17.5. The number of hydrogen-bond donors (Lipinski definition) is 0. The highest BCUT2D eigenvalue weighted by Gasteiger charge is 2.26. The van der Waals surface area contributed by atoms with Crippen LogP contribution in [0.2, 0.25) is 0 Å². The number of piperidine rings is 1. The zero-order valence-corrected chi connectivity index (χ0v) is 14.5. The smallest absolute Gasteiger partial charge is 0.266 e. The van der Waals surface area contributed by atoms with Crippen LogP contribution in [0.25, 0.3) is 5.65 Å². The highest BCUT2D eigenvalue weighted by Crippen LogP contribution is 2.38. The predicted octanol–water partition coefficient (Wildman–Crippen LogP) is 1.47. The Kier molecular flexibility index (Phi) is 3.69. The van der Waals surface area contributed by atoms with Gasteiger partial charge in [0.25, 0.3) is 5.56 Å². The fourth-order valence-corrected chi connectivity index (χ4v) is 3.67. The molecule has 0 bridgehead atoms. The van der Waals surface area contributed by atoms with Crippen LogP contribution in [0.5, 0.6) is 0 Å². The number of nitrogens with zero attached hydrogens (tertiary/aromatic N) is 7. The van der Waals surface area contributed by atoms with E-state index in [4.69, 9.17) is 0 Å². The summed E-state index contributed by atoms with van der Waals surface area (Å²) in [6, 6.07) is 7.50. The summed E-state index contributed by atoms with van der Waals surface area (Å²) >= 11 is 0. The molecule has 3 aromatic heterocycles. The minimum absolute atomic E-state index is 0.0107. The van der Waals surface area contributed by atoms with E-state index in [1.54, 1.807) is 21.6 Å². The molecule has 26 heavy (non-hydrogen) atoms. The van der Waals surface area contributed by atoms with Gasteiger partial charge in [-0.3, -0.25) is 4.79 Å². The Morgan fingerprint density at radius 2 is 1.85 bits per heavy atom. The summed E-state index contributed by atoms with van der Waals surface area (Å²) in [5, 5.41) is 17.0. The molecule has 0 radical (unpaired) electrons. The van der Waals surface area contributed by atoms with Crippen molar-refractivity contribution in [1.29, 1.82) is 0 Å². The molecule has 1 aliphatic heterocycles. The maximum absolute atomic E-state index is 12.1. The molecule has 0 amide bonds. The van der Waals surface area contributed by atoms with Gasteiger partial charge in [0.2, 0.25) is 0 Å². The van der Waals surface area contributed by atoms with Crippen molar-refractivity contribution in [2.24, 2.45) is 5.92 Å². The zero-order valence-electron chi connectivity index (χ0n) is 14.5. The van der Waals surface area contributed by atoms with Crippen molar-refractivity contribution in [3.63, 3.8) is 0 Å². The number of rotatable bonds is 4. The van der Waals surface area contributed by atoms with E-state index in [1.165, 1.54) is 12.8 Å². The van der Waals surface area contributed by atoms with Gasteiger partial charge in [0.15, 0.2) is 5.65 Å². The van der Waals surface area contributed by atoms with Crippen molar-refractivity contribution in [1.82, 2.24) is 29.6 Å². The standard InChI is InChI=1S/C18H21N7O/c26-18-6-3-15(14-1-2-14)21-24(18)11-13-7-9-23(10-8-13)17-5-4-16-20-19-12-25(16)22-17/h3-6,12-14H,1-2,7-11H2. The van der Waals surface area contributed by atoms with Crippen molar-refractivity contribution >= 4 is 11.5 Å². The predicted molar refractivity (Wildman–Crippen MR) is 96.2 cm³/mol. The molecule has 2 fully saturated rings. The maximum Gasteiger partial charge on any atom is 0.266 e. The average molecular weight is 351 g/mol. The van der Waals surface area contributed by atoms with E-state index in [-0.39, 0.29) is 5.56 Å². The lowest BCUT2D eigenvalue weighted by Gasteiger charge is -2.32. The van der Waals surface area contributed by atoms with Crippen LogP contribution in [-0.4, -0.2) is 42.7 Å². The van der Waals surface area contributed by atoms with E-state index in [1.807, 2.05) is 18.2 Å². The van der Waals surface area contributed by atoms with Gasteiger partial charge >= 0.3 is 0 Å². The lowest BCUT2D eigenvalue weighted by Crippen LogP contribution is -2.37. The molecule has 0 spiro atoms. The largest absolute Gasteiger partial charge is 0.355 e. The number of aromatic nitrogens is 6. The van der Waals surface area contributed by atoms with Gasteiger partial charge in [0.1, 0.15) is 12.1 Å². The fourth-order valence-electron chi connectivity index (χ4n) is 3.67.